The van der Waals surface area contributed by atoms with E-state index in [1.165, 1.54) is 37.5 Å². The van der Waals surface area contributed by atoms with Gasteiger partial charge < -0.3 is 5.32 Å². The number of hydrogen-bond acceptors (Lipinski definition) is 3. The maximum absolute atomic E-state index is 13.6. The molecule has 98 valence electrons. The molecule has 5 heteroatoms. The Morgan fingerprint density at radius 1 is 1.33 bits per heavy atom. The highest BCUT2D eigenvalue weighted by Crippen LogP contribution is 2.29. The van der Waals surface area contributed by atoms with Gasteiger partial charge in [0.15, 0.2) is 5.82 Å². The van der Waals surface area contributed by atoms with Crippen molar-refractivity contribution in [3.05, 3.63) is 34.1 Å². The van der Waals surface area contributed by atoms with Crippen LogP contribution in [0.25, 0.3) is 0 Å². The molecule has 1 N–H and O–H groups in total. The summed E-state index contributed by atoms with van der Waals surface area (Å²) < 4.78 is 13.6. The van der Waals surface area contributed by atoms with Gasteiger partial charge in [-0.25, -0.2) is 4.39 Å². The van der Waals surface area contributed by atoms with Crippen molar-refractivity contribution < 1.29 is 9.31 Å². The van der Waals surface area contributed by atoms with E-state index in [0.29, 0.717) is 12.5 Å². The van der Waals surface area contributed by atoms with Gasteiger partial charge in [0, 0.05) is 12.6 Å². The lowest BCUT2D eigenvalue weighted by atomic mass is 9.89. The van der Waals surface area contributed by atoms with Crippen LogP contribution in [0.1, 0.15) is 32.1 Å². The van der Waals surface area contributed by atoms with Gasteiger partial charge >= 0.3 is 0 Å². The van der Waals surface area contributed by atoms with Gasteiger partial charge in [0.2, 0.25) is 0 Å². The Hall–Kier alpha value is -1.65. The summed E-state index contributed by atoms with van der Waals surface area (Å²) in [6, 6.07) is 3.93. The fourth-order valence-corrected chi connectivity index (χ4v) is 2.48. The van der Waals surface area contributed by atoms with Crippen LogP contribution >= 0.6 is 0 Å². The molecule has 0 bridgehead atoms. The van der Waals surface area contributed by atoms with E-state index in [9.17, 15) is 14.5 Å². The summed E-state index contributed by atoms with van der Waals surface area (Å²) in [5.74, 6) is -0.0574. The summed E-state index contributed by atoms with van der Waals surface area (Å²) >= 11 is 0. The van der Waals surface area contributed by atoms with Crippen molar-refractivity contribution in [2.24, 2.45) is 5.92 Å². The molecule has 0 aliphatic heterocycles. The van der Waals surface area contributed by atoms with Crippen molar-refractivity contribution >= 4 is 11.4 Å². The molecule has 0 unspecified atom stereocenters. The molecule has 2 rings (SSSR count). The van der Waals surface area contributed by atoms with Gasteiger partial charge in [-0.3, -0.25) is 10.1 Å². The van der Waals surface area contributed by atoms with Gasteiger partial charge in [-0.05, 0) is 24.8 Å². The standard InChI is InChI=1S/C13H17FN2O2/c14-11-7-4-8-12(16(17)18)13(11)15-9-10-5-2-1-3-6-10/h4,7-8,10,15H,1-3,5-6,9H2. The largest absolute Gasteiger partial charge is 0.377 e. The van der Waals surface area contributed by atoms with E-state index < -0.39 is 10.7 Å². The van der Waals surface area contributed by atoms with Crippen LogP contribution < -0.4 is 5.32 Å². The molecule has 0 heterocycles. The van der Waals surface area contributed by atoms with E-state index in [2.05, 4.69) is 5.32 Å². The lowest BCUT2D eigenvalue weighted by Crippen LogP contribution is -2.18. The van der Waals surface area contributed by atoms with E-state index in [0.717, 1.165) is 12.8 Å². The lowest BCUT2D eigenvalue weighted by molar-refractivity contribution is -0.384. The fraction of sp³-hybridized carbons (Fsp3) is 0.538. The minimum atomic E-state index is -0.556. The Kier molecular flexibility index (Phi) is 4.12. The first kappa shape index (κ1) is 12.8. The van der Waals surface area contributed by atoms with Crippen LogP contribution in [0.4, 0.5) is 15.8 Å². The van der Waals surface area contributed by atoms with Crippen LogP contribution in [0.2, 0.25) is 0 Å². The van der Waals surface area contributed by atoms with Crippen molar-refractivity contribution in [1.29, 1.82) is 0 Å². The summed E-state index contributed by atoms with van der Waals surface area (Å²) in [5.41, 5.74) is -0.168. The normalized spacial score (nSPS) is 16.5. The molecule has 1 aliphatic carbocycles. The predicted octanol–water partition coefficient (Wildman–Crippen LogP) is 3.73. The average Bonchev–Trinajstić information content (AvgIpc) is 2.38. The zero-order valence-corrected chi connectivity index (χ0v) is 10.2. The molecule has 4 nitrogen and oxygen atoms in total. The Bertz CT molecular complexity index is 431. The molecule has 1 aliphatic rings. The highest BCUT2D eigenvalue weighted by atomic mass is 19.1. The van der Waals surface area contributed by atoms with Crippen molar-refractivity contribution in [1.82, 2.24) is 0 Å². The minimum Gasteiger partial charge on any atom is -0.377 e. The minimum absolute atomic E-state index is 0.0214. The van der Waals surface area contributed by atoms with Gasteiger partial charge in [0.1, 0.15) is 5.69 Å². The van der Waals surface area contributed by atoms with E-state index in [4.69, 9.17) is 0 Å². The number of anilines is 1. The Balaban J connectivity index is 2.05. The number of rotatable bonds is 4. The van der Waals surface area contributed by atoms with E-state index in [1.54, 1.807) is 0 Å². The Labute approximate surface area is 105 Å². The Morgan fingerprint density at radius 3 is 2.72 bits per heavy atom. The summed E-state index contributed by atoms with van der Waals surface area (Å²) in [7, 11) is 0. The zero-order valence-electron chi connectivity index (χ0n) is 10.2. The first-order valence-electron chi connectivity index (χ1n) is 6.35. The predicted molar refractivity (Wildman–Crippen MR) is 68.1 cm³/mol. The molecule has 1 fully saturated rings. The van der Waals surface area contributed by atoms with Crippen molar-refractivity contribution in [2.75, 3.05) is 11.9 Å². The van der Waals surface area contributed by atoms with Crippen LogP contribution in [-0.4, -0.2) is 11.5 Å². The number of hydrogen-bond donors (Lipinski definition) is 1. The molecule has 0 radical (unpaired) electrons. The third-order valence-electron chi connectivity index (χ3n) is 3.48. The molecule has 1 saturated carbocycles. The van der Waals surface area contributed by atoms with Gasteiger partial charge in [0.25, 0.3) is 5.69 Å². The van der Waals surface area contributed by atoms with Crippen molar-refractivity contribution in [3.63, 3.8) is 0 Å². The van der Waals surface area contributed by atoms with Crippen molar-refractivity contribution in [2.45, 2.75) is 32.1 Å². The number of halogens is 1. The second kappa shape index (κ2) is 5.80. The van der Waals surface area contributed by atoms with E-state index >= 15 is 0 Å². The van der Waals surface area contributed by atoms with E-state index in [1.807, 2.05) is 0 Å². The average molecular weight is 252 g/mol. The lowest BCUT2D eigenvalue weighted by Gasteiger charge is -2.22. The number of para-hydroxylation sites is 1. The molecule has 0 amide bonds. The number of nitrogens with one attached hydrogen (secondary N) is 1. The molecule has 18 heavy (non-hydrogen) atoms. The highest BCUT2D eigenvalue weighted by molar-refractivity contribution is 5.62. The van der Waals surface area contributed by atoms with Crippen molar-refractivity contribution in [3.8, 4) is 0 Å². The summed E-state index contributed by atoms with van der Waals surface area (Å²) in [5, 5.41) is 13.7. The second-order valence-corrected chi connectivity index (χ2v) is 4.78. The molecule has 0 aromatic heterocycles. The van der Waals surface area contributed by atoms with Crippen LogP contribution in [0.5, 0.6) is 0 Å². The monoisotopic (exact) mass is 252 g/mol. The molecular weight excluding hydrogens is 235 g/mol. The Morgan fingerprint density at radius 2 is 2.06 bits per heavy atom. The summed E-state index contributed by atoms with van der Waals surface area (Å²) in [4.78, 5) is 10.3. The zero-order chi connectivity index (χ0) is 13.0. The fourth-order valence-electron chi connectivity index (χ4n) is 2.48. The molecule has 0 spiro atoms. The van der Waals surface area contributed by atoms with Crippen LogP contribution in [-0.2, 0) is 0 Å². The quantitative estimate of drug-likeness (QED) is 0.656. The number of nitro groups is 1. The summed E-state index contributed by atoms with van der Waals surface area (Å²) in [6.45, 7) is 0.613. The SMILES string of the molecule is O=[N+]([O-])c1cccc(F)c1NCC1CCCCC1. The third-order valence-corrected chi connectivity index (χ3v) is 3.48. The van der Waals surface area contributed by atoms with Gasteiger partial charge in [-0.2, -0.15) is 0 Å². The first-order valence-corrected chi connectivity index (χ1v) is 6.35. The first-order chi connectivity index (χ1) is 8.68. The van der Waals surface area contributed by atoms with Gasteiger partial charge in [-0.1, -0.05) is 25.3 Å². The van der Waals surface area contributed by atoms with E-state index in [-0.39, 0.29) is 11.4 Å². The number of benzene rings is 1. The van der Waals surface area contributed by atoms with Crippen LogP contribution in [0.3, 0.4) is 0 Å². The maximum atomic E-state index is 13.6. The third kappa shape index (κ3) is 2.97. The van der Waals surface area contributed by atoms with Gasteiger partial charge in [0.05, 0.1) is 4.92 Å². The van der Waals surface area contributed by atoms with Crippen LogP contribution in [0.15, 0.2) is 18.2 Å². The highest BCUT2D eigenvalue weighted by Gasteiger charge is 2.19. The molecule has 1 aromatic carbocycles. The maximum Gasteiger partial charge on any atom is 0.295 e. The number of nitro benzene ring substituents is 1. The number of nitrogens with zero attached hydrogens (tertiary/aromatic N) is 1. The smallest absolute Gasteiger partial charge is 0.295 e. The van der Waals surface area contributed by atoms with Gasteiger partial charge in [-0.15, -0.1) is 0 Å². The molecular formula is C13H17FN2O2. The summed E-state index contributed by atoms with van der Waals surface area (Å²) in [6.07, 6.45) is 5.90. The molecule has 0 atom stereocenters. The molecule has 1 aromatic rings. The topological polar surface area (TPSA) is 55.2 Å². The molecule has 0 saturated heterocycles. The van der Waals surface area contributed by atoms with Crippen LogP contribution in [0, 0.1) is 21.8 Å². The second-order valence-electron chi connectivity index (χ2n) is 4.78.